The second-order valence-corrected chi connectivity index (χ2v) is 14.1. The average molecular weight is 659 g/mol. The van der Waals surface area contributed by atoms with Crippen molar-refractivity contribution < 1.29 is 21.5 Å². The van der Waals surface area contributed by atoms with E-state index in [4.69, 9.17) is 0 Å². The van der Waals surface area contributed by atoms with Gasteiger partial charge in [-0.3, -0.25) is 0 Å². The normalized spacial score (nSPS) is 11.7. The van der Waals surface area contributed by atoms with Gasteiger partial charge in [0.25, 0.3) is 0 Å². The maximum absolute atomic E-state index is 2.34. The Morgan fingerprint density at radius 3 is 0.524 bits per heavy atom. The van der Waals surface area contributed by atoms with Crippen molar-refractivity contribution >= 4 is 0 Å². The third-order valence-corrected chi connectivity index (χ3v) is 9.94. The molecule has 0 fully saturated rings. The summed E-state index contributed by atoms with van der Waals surface area (Å²) in [5, 5.41) is 0. The van der Waals surface area contributed by atoms with Crippen molar-refractivity contribution in [2.75, 3.05) is 26.2 Å². The Morgan fingerprint density at radius 1 is 0.214 bits per heavy atom. The molecular formula is C40H84BrN. The predicted molar refractivity (Wildman–Crippen MR) is 190 cm³/mol. The number of hydrogen-bond acceptors (Lipinski definition) is 0. The highest BCUT2D eigenvalue weighted by Gasteiger charge is 2.25. The summed E-state index contributed by atoms with van der Waals surface area (Å²) in [6, 6.07) is 0. The molecule has 0 spiro atoms. The summed E-state index contributed by atoms with van der Waals surface area (Å²) < 4.78 is 1.48. The predicted octanol–water partition coefficient (Wildman–Crippen LogP) is 11.4. The van der Waals surface area contributed by atoms with Gasteiger partial charge in [0.05, 0.1) is 26.2 Å². The molecule has 0 aromatic heterocycles. The van der Waals surface area contributed by atoms with Crippen LogP contribution in [0.3, 0.4) is 0 Å². The average Bonchev–Trinajstić information content (AvgIpc) is 2.98. The molecule has 0 heterocycles. The Bertz CT molecular complexity index is 379. The van der Waals surface area contributed by atoms with E-state index in [1.54, 1.807) is 0 Å². The van der Waals surface area contributed by atoms with Gasteiger partial charge in [0.15, 0.2) is 0 Å². The molecule has 1 nitrogen and oxygen atoms in total. The van der Waals surface area contributed by atoms with Gasteiger partial charge in [-0.2, -0.15) is 0 Å². The van der Waals surface area contributed by atoms with Crippen LogP contribution in [0, 0.1) is 0 Å². The molecule has 2 heteroatoms. The highest BCUT2D eigenvalue weighted by atomic mass is 79.9. The van der Waals surface area contributed by atoms with Crippen LogP contribution < -0.4 is 17.0 Å². The van der Waals surface area contributed by atoms with Gasteiger partial charge in [-0.25, -0.2) is 0 Å². The SMILES string of the molecule is CCCCCCCCCC[N+](CCCCCCCCCC)(CCCCCCCCCC)CCCCCCCCCC.[Br-]. The molecule has 0 aromatic carbocycles. The zero-order chi connectivity index (χ0) is 30.0. The quantitative estimate of drug-likeness (QED) is 0.0464. The minimum Gasteiger partial charge on any atom is -1.00 e. The lowest BCUT2D eigenvalue weighted by atomic mass is 10.0. The minimum atomic E-state index is 0. The van der Waals surface area contributed by atoms with E-state index in [9.17, 15) is 0 Å². The van der Waals surface area contributed by atoms with Crippen LogP contribution in [0.15, 0.2) is 0 Å². The first kappa shape index (κ1) is 44.6. The van der Waals surface area contributed by atoms with Crippen molar-refractivity contribution in [3.63, 3.8) is 0 Å². The molecule has 0 saturated carbocycles. The molecule has 0 amide bonds. The van der Waals surface area contributed by atoms with E-state index in [0.717, 1.165) is 0 Å². The van der Waals surface area contributed by atoms with Crippen LogP contribution in [0.25, 0.3) is 0 Å². The Labute approximate surface area is 279 Å². The third-order valence-electron chi connectivity index (χ3n) is 9.94. The second kappa shape index (κ2) is 37.6. The van der Waals surface area contributed by atoms with Crippen molar-refractivity contribution in [1.82, 2.24) is 0 Å². The maximum atomic E-state index is 2.34. The van der Waals surface area contributed by atoms with E-state index < -0.39 is 0 Å². The molecular weight excluding hydrogens is 574 g/mol. The van der Waals surface area contributed by atoms with Gasteiger partial charge >= 0.3 is 0 Å². The first-order valence-corrected chi connectivity index (χ1v) is 20.1. The van der Waals surface area contributed by atoms with Crippen LogP contribution in [0.5, 0.6) is 0 Å². The lowest BCUT2D eigenvalue weighted by Crippen LogP contribution is -3.00. The van der Waals surface area contributed by atoms with E-state index in [1.807, 2.05) is 0 Å². The molecule has 256 valence electrons. The van der Waals surface area contributed by atoms with Crippen molar-refractivity contribution in [1.29, 1.82) is 0 Å². The summed E-state index contributed by atoms with van der Waals surface area (Å²) in [5.74, 6) is 0. The number of halogens is 1. The molecule has 0 aromatic rings. The Balaban J connectivity index is 0. The van der Waals surface area contributed by atoms with Gasteiger partial charge in [0, 0.05) is 0 Å². The summed E-state index contributed by atoms with van der Waals surface area (Å²) in [7, 11) is 0. The Morgan fingerprint density at radius 2 is 0.357 bits per heavy atom. The third kappa shape index (κ3) is 31.9. The molecule has 42 heavy (non-hydrogen) atoms. The largest absolute Gasteiger partial charge is 1.00 e. The van der Waals surface area contributed by atoms with Gasteiger partial charge in [0.2, 0.25) is 0 Å². The van der Waals surface area contributed by atoms with E-state index in [1.165, 1.54) is 236 Å². The molecule has 0 atom stereocenters. The number of quaternary nitrogens is 1. The first-order chi connectivity index (χ1) is 20.2. The first-order valence-electron chi connectivity index (χ1n) is 20.1. The standard InChI is InChI=1S/C40H84N.BrH/c1-5-9-13-17-21-25-29-33-37-41(38-34-30-26-22-18-14-10-6-2,39-35-31-27-23-19-15-11-7-3)40-36-32-28-24-20-16-12-8-4;/h5-40H2,1-4H3;1H/q+1;/p-1. The molecule has 0 aliphatic rings. The smallest absolute Gasteiger partial charge is 0.0786 e. The van der Waals surface area contributed by atoms with Crippen LogP contribution in [0.2, 0.25) is 0 Å². The summed E-state index contributed by atoms with van der Waals surface area (Å²) >= 11 is 0. The Hall–Kier alpha value is 0.440. The van der Waals surface area contributed by atoms with Crippen LogP contribution >= 0.6 is 0 Å². The molecule has 0 radical (unpaired) electrons. The van der Waals surface area contributed by atoms with Crippen molar-refractivity contribution in [3.8, 4) is 0 Å². The van der Waals surface area contributed by atoms with E-state index in [0.29, 0.717) is 0 Å². The monoisotopic (exact) mass is 658 g/mol. The highest BCUT2D eigenvalue weighted by Crippen LogP contribution is 2.21. The van der Waals surface area contributed by atoms with E-state index in [-0.39, 0.29) is 17.0 Å². The van der Waals surface area contributed by atoms with Crippen molar-refractivity contribution in [3.05, 3.63) is 0 Å². The zero-order valence-electron chi connectivity index (χ0n) is 30.3. The van der Waals surface area contributed by atoms with Gasteiger partial charge in [-0.1, -0.05) is 182 Å². The van der Waals surface area contributed by atoms with Gasteiger partial charge in [-0.05, 0) is 51.4 Å². The summed E-state index contributed by atoms with van der Waals surface area (Å²) in [4.78, 5) is 0. The summed E-state index contributed by atoms with van der Waals surface area (Å²) in [6.07, 6.45) is 46.7. The molecule has 0 aliphatic heterocycles. The fraction of sp³-hybridized carbons (Fsp3) is 1.00. The van der Waals surface area contributed by atoms with Crippen LogP contribution in [-0.2, 0) is 0 Å². The molecule has 0 rings (SSSR count). The maximum Gasteiger partial charge on any atom is 0.0786 e. The highest BCUT2D eigenvalue weighted by molar-refractivity contribution is 4.56. The van der Waals surface area contributed by atoms with Crippen molar-refractivity contribution in [2.24, 2.45) is 0 Å². The topological polar surface area (TPSA) is 0 Å². The number of rotatable bonds is 36. The minimum absolute atomic E-state index is 0. The molecule has 0 N–H and O–H groups in total. The van der Waals surface area contributed by atoms with E-state index >= 15 is 0 Å². The molecule has 0 unspecified atom stereocenters. The van der Waals surface area contributed by atoms with Gasteiger partial charge in [-0.15, -0.1) is 0 Å². The van der Waals surface area contributed by atoms with Crippen molar-refractivity contribution in [2.45, 2.75) is 233 Å². The van der Waals surface area contributed by atoms with Gasteiger partial charge in [0.1, 0.15) is 0 Å². The number of nitrogens with zero attached hydrogens (tertiary/aromatic N) is 1. The fourth-order valence-corrected chi connectivity index (χ4v) is 7.00. The number of unbranched alkanes of at least 4 members (excludes halogenated alkanes) is 28. The lowest BCUT2D eigenvalue weighted by molar-refractivity contribution is -0.929. The van der Waals surface area contributed by atoms with Crippen LogP contribution in [-0.4, -0.2) is 30.7 Å². The fourth-order valence-electron chi connectivity index (χ4n) is 7.00. The number of hydrogen-bond donors (Lipinski definition) is 0. The van der Waals surface area contributed by atoms with Crippen LogP contribution in [0.4, 0.5) is 0 Å². The second-order valence-electron chi connectivity index (χ2n) is 14.1. The Kier molecular flexibility index (Phi) is 39.9. The van der Waals surface area contributed by atoms with Gasteiger partial charge < -0.3 is 21.5 Å². The zero-order valence-corrected chi connectivity index (χ0v) is 31.9. The lowest BCUT2D eigenvalue weighted by Gasteiger charge is -2.40. The summed E-state index contributed by atoms with van der Waals surface area (Å²) in [5.41, 5.74) is 0. The summed E-state index contributed by atoms with van der Waals surface area (Å²) in [6.45, 7) is 15.3. The van der Waals surface area contributed by atoms with E-state index in [2.05, 4.69) is 27.7 Å². The molecule has 0 bridgehead atoms. The molecule has 0 saturated heterocycles. The van der Waals surface area contributed by atoms with Crippen LogP contribution in [0.1, 0.15) is 233 Å². The molecule has 0 aliphatic carbocycles.